The minimum atomic E-state index is -0.960. The zero-order chi connectivity index (χ0) is 18.8. The third-order valence-corrected chi connectivity index (χ3v) is 4.88. The lowest BCUT2D eigenvalue weighted by Crippen LogP contribution is -2.34. The second-order valence-electron chi connectivity index (χ2n) is 6.86. The standard InChI is InChI=1S/C20H21N3O4/c1-13-21-19(22-27-13)14-5-4-10-23(11-14)12-15-8-9-18(26-15)16-6-2-3-7-17(16)20(24)25/h2-3,6-9,14H,4-5,10-12H2,1H3,(H,24,25)/t14-/m0/s1. The molecule has 2 aromatic heterocycles. The van der Waals surface area contributed by atoms with Crippen molar-refractivity contribution in [1.82, 2.24) is 15.0 Å². The molecule has 1 aliphatic rings. The third kappa shape index (κ3) is 3.78. The van der Waals surface area contributed by atoms with Gasteiger partial charge in [0, 0.05) is 24.9 Å². The van der Waals surface area contributed by atoms with E-state index in [4.69, 9.17) is 8.94 Å². The van der Waals surface area contributed by atoms with E-state index >= 15 is 0 Å². The number of hydrogen-bond donors (Lipinski definition) is 1. The van der Waals surface area contributed by atoms with Gasteiger partial charge >= 0.3 is 5.97 Å². The Hall–Kier alpha value is -2.93. The van der Waals surface area contributed by atoms with Gasteiger partial charge in [-0.3, -0.25) is 4.90 Å². The molecule has 0 bridgehead atoms. The molecule has 1 N–H and O–H groups in total. The molecule has 4 rings (SSSR count). The van der Waals surface area contributed by atoms with Crippen molar-refractivity contribution in [1.29, 1.82) is 0 Å². The van der Waals surface area contributed by atoms with Crippen molar-refractivity contribution >= 4 is 5.97 Å². The molecule has 0 amide bonds. The van der Waals surface area contributed by atoms with Crippen molar-refractivity contribution in [2.45, 2.75) is 32.2 Å². The molecule has 1 atom stereocenters. The van der Waals surface area contributed by atoms with Crippen molar-refractivity contribution < 1.29 is 18.8 Å². The normalized spacial score (nSPS) is 17.9. The van der Waals surface area contributed by atoms with Gasteiger partial charge in [-0.15, -0.1) is 0 Å². The topological polar surface area (TPSA) is 92.6 Å². The molecule has 0 saturated carbocycles. The molecule has 3 heterocycles. The molecule has 1 fully saturated rings. The Labute approximate surface area is 156 Å². The van der Waals surface area contributed by atoms with Crippen LogP contribution in [0.2, 0.25) is 0 Å². The van der Waals surface area contributed by atoms with Crippen LogP contribution in [0, 0.1) is 6.92 Å². The van der Waals surface area contributed by atoms with Crippen LogP contribution in [-0.2, 0) is 6.54 Å². The van der Waals surface area contributed by atoms with Crippen molar-refractivity contribution in [2.24, 2.45) is 0 Å². The van der Waals surface area contributed by atoms with Crippen LogP contribution in [0.5, 0.6) is 0 Å². The SMILES string of the molecule is Cc1nc([C@H]2CCCN(Cc3ccc(-c4ccccc4C(=O)O)o3)C2)no1. The van der Waals surface area contributed by atoms with Gasteiger partial charge in [-0.05, 0) is 37.6 Å². The van der Waals surface area contributed by atoms with Crippen LogP contribution in [0.3, 0.4) is 0 Å². The quantitative estimate of drug-likeness (QED) is 0.734. The fourth-order valence-electron chi connectivity index (χ4n) is 3.60. The van der Waals surface area contributed by atoms with Gasteiger partial charge in [0.15, 0.2) is 5.82 Å². The Morgan fingerprint density at radius 1 is 1.30 bits per heavy atom. The molecule has 7 nitrogen and oxygen atoms in total. The number of aromatic carboxylic acids is 1. The van der Waals surface area contributed by atoms with E-state index in [0.29, 0.717) is 23.8 Å². The van der Waals surface area contributed by atoms with E-state index in [0.717, 1.165) is 37.5 Å². The fraction of sp³-hybridized carbons (Fsp3) is 0.350. The zero-order valence-electron chi connectivity index (χ0n) is 15.1. The number of rotatable bonds is 5. The summed E-state index contributed by atoms with van der Waals surface area (Å²) < 4.78 is 11.1. The average Bonchev–Trinajstić information content (AvgIpc) is 3.31. The first kappa shape index (κ1) is 17.5. The molecular formula is C20H21N3O4. The number of piperidine rings is 1. The van der Waals surface area contributed by atoms with Crippen molar-refractivity contribution in [2.75, 3.05) is 13.1 Å². The van der Waals surface area contributed by atoms with Crippen LogP contribution in [0.4, 0.5) is 0 Å². The van der Waals surface area contributed by atoms with E-state index in [2.05, 4.69) is 15.0 Å². The van der Waals surface area contributed by atoms with Crippen LogP contribution >= 0.6 is 0 Å². The number of likely N-dealkylation sites (tertiary alicyclic amines) is 1. The molecule has 140 valence electrons. The van der Waals surface area contributed by atoms with Crippen molar-refractivity contribution in [3.05, 3.63) is 59.4 Å². The molecular weight excluding hydrogens is 346 g/mol. The van der Waals surface area contributed by atoms with E-state index in [1.807, 2.05) is 18.2 Å². The largest absolute Gasteiger partial charge is 0.478 e. The van der Waals surface area contributed by atoms with Gasteiger partial charge < -0.3 is 14.0 Å². The Balaban J connectivity index is 1.47. The summed E-state index contributed by atoms with van der Waals surface area (Å²) in [5.41, 5.74) is 0.832. The lowest BCUT2D eigenvalue weighted by atomic mass is 9.97. The third-order valence-electron chi connectivity index (χ3n) is 4.88. The van der Waals surface area contributed by atoms with E-state index < -0.39 is 5.97 Å². The molecule has 1 aromatic carbocycles. The predicted molar refractivity (Wildman–Crippen MR) is 97.4 cm³/mol. The molecule has 3 aromatic rings. The van der Waals surface area contributed by atoms with Gasteiger partial charge in [0.2, 0.25) is 5.89 Å². The second-order valence-corrected chi connectivity index (χ2v) is 6.86. The fourth-order valence-corrected chi connectivity index (χ4v) is 3.60. The number of carboxylic acid groups (broad SMARTS) is 1. The van der Waals surface area contributed by atoms with Gasteiger partial charge in [-0.1, -0.05) is 23.4 Å². The summed E-state index contributed by atoms with van der Waals surface area (Å²) in [5, 5.41) is 13.4. The lowest BCUT2D eigenvalue weighted by Gasteiger charge is -2.30. The monoisotopic (exact) mass is 367 g/mol. The highest BCUT2D eigenvalue weighted by atomic mass is 16.5. The highest BCUT2D eigenvalue weighted by molar-refractivity contribution is 5.95. The smallest absolute Gasteiger partial charge is 0.336 e. The Kier molecular flexibility index (Phi) is 4.77. The van der Waals surface area contributed by atoms with Crippen LogP contribution < -0.4 is 0 Å². The number of hydrogen-bond acceptors (Lipinski definition) is 6. The van der Waals surface area contributed by atoms with E-state index in [9.17, 15) is 9.90 Å². The summed E-state index contributed by atoms with van der Waals surface area (Å²) in [6.45, 7) is 4.30. The van der Waals surface area contributed by atoms with E-state index in [-0.39, 0.29) is 11.5 Å². The molecule has 1 saturated heterocycles. The van der Waals surface area contributed by atoms with Gasteiger partial charge in [0.25, 0.3) is 0 Å². The summed E-state index contributed by atoms with van der Waals surface area (Å²) in [7, 11) is 0. The summed E-state index contributed by atoms with van der Waals surface area (Å²) in [6.07, 6.45) is 2.11. The Morgan fingerprint density at radius 3 is 2.93 bits per heavy atom. The highest BCUT2D eigenvalue weighted by Crippen LogP contribution is 2.29. The van der Waals surface area contributed by atoms with Gasteiger partial charge in [-0.2, -0.15) is 4.98 Å². The maximum Gasteiger partial charge on any atom is 0.336 e. The summed E-state index contributed by atoms with van der Waals surface area (Å²) in [6, 6.07) is 10.6. The number of furan rings is 1. The number of nitrogens with zero attached hydrogens (tertiary/aromatic N) is 3. The number of carbonyl (C=O) groups is 1. The second kappa shape index (κ2) is 7.36. The minimum Gasteiger partial charge on any atom is -0.478 e. The van der Waals surface area contributed by atoms with E-state index in [1.165, 1.54) is 0 Å². The Bertz CT molecular complexity index is 946. The lowest BCUT2D eigenvalue weighted by molar-refractivity contribution is 0.0697. The molecule has 7 heteroatoms. The van der Waals surface area contributed by atoms with E-state index in [1.54, 1.807) is 25.1 Å². The van der Waals surface area contributed by atoms with Crippen LogP contribution in [0.15, 0.2) is 45.3 Å². The van der Waals surface area contributed by atoms with Crippen LogP contribution in [-0.4, -0.2) is 39.2 Å². The molecule has 0 aliphatic carbocycles. The van der Waals surface area contributed by atoms with Crippen LogP contribution in [0.1, 0.15) is 46.6 Å². The first-order chi connectivity index (χ1) is 13.1. The van der Waals surface area contributed by atoms with Gasteiger partial charge in [0.05, 0.1) is 12.1 Å². The maximum atomic E-state index is 11.4. The molecule has 1 aliphatic heterocycles. The highest BCUT2D eigenvalue weighted by Gasteiger charge is 2.25. The summed E-state index contributed by atoms with van der Waals surface area (Å²) in [5.74, 6) is 2.05. The van der Waals surface area contributed by atoms with Crippen LogP contribution in [0.25, 0.3) is 11.3 Å². The van der Waals surface area contributed by atoms with Gasteiger partial charge in [0.1, 0.15) is 11.5 Å². The molecule has 0 unspecified atom stereocenters. The predicted octanol–water partition coefficient (Wildman–Crippen LogP) is 3.72. The van der Waals surface area contributed by atoms with Gasteiger partial charge in [-0.25, -0.2) is 4.79 Å². The number of benzene rings is 1. The average molecular weight is 367 g/mol. The first-order valence-corrected chi connectivity index (χ1v) is 9.04. The summed E-state index contributed by atoms with van der Waals surface area (Å²) >= 11 is 0. The Morgan fingerprint density at radius 2 is 2.15 bits per heavy atom. The zero-order valence-corrected chi connectivity index (χ0v) is 15.1. The molecule has 27 heavy (non-hydrogen) atoms. The number of carboxylic acids is 1. The number of aromatic nitrogens is 2. The minimum absolute atomic E-state index is 0.240. The molecule has 0 spiro atoms. The maximum absolute atomic E-state index is 11.4. The van der Waals surface area contributed by atoms with Crippen molar-refractivity contribution in [3.63, 3.8) is 0 Å². The first-order valence-electron chi connectivity index (χ1n) is 9.04. The summed E-state index contributed by atoms with van der Waals surface area (Å²) in [4.78, 5) is 18.1. The number of aryl methyl sites for hydroxylation is 1. The molecule has 0 radical (unpaired) electrons. The van der Waals surface area contributed by atoms with Crippen molar-refractivity contribution in [3.8, 4) is 11.3 Å².